The second-order valence-electron chi connectivity index (χ2n) is 14.2. The molecule has 10 aromatic rings. The lowest BCUT2D eigenvalue weighted by Crippen LogP contribution is -2.26. The Balaban J connectivity index is 1.03. The predicted molar refractivity (Wildman–Crippen MR) is 236 cm³/mol. The minimum Gasteiger partial charge on any atom is -0.310 e. The summed E-state index contributed by atoms with van der Waals surface area (Å²) in [5, 5.41) is 7.73. The Morgan fingerprint density at radius 1 is 0.491 bits per heavy atom. The number of hydrogen-bond acceptors (Lipinski definition) is 4. The number of pyridine rings is 1. The highest BCUT2D eigenvalue weighted by molar-refractivity contribution is 6.09. The number of benzene rings is 7. The van der Waals surface area contributed by atoms with Gasteiger partial charge >= 0.3 is 0 Å². The van der Waals surface area contributed by atoms with Crippen molar-refractivity contribution < 1.29 is 0 Å². The number of fused-ring (bicyclic) bond motifs is 4. The van der Waals surface area contributed by atoms with Gasteiger partial charge in [0.2, 0.25) is 0 Å². The van der Waals surface area contributed by atoms with E-state index in [1.54, 1.807) is 6.20 Å². The first-order chi connectivity index (χ1) is 28.1. The third kappa shape index (κ3) is 6.27. The topological polar surface area (TPSA) is 56.5 Å². The molecule has 0 atom stereocenters. The summed E-state index contributed by atoms with van der Waals surface area (Å²) in [6.07, 6.45) is 5.82. The zero-order chi connectivity index (χ0) is 38.3. The van der Waals surface area contributed by atoms with Gasteiger partial charge in [0, 0.05) is 56.3 Å². The van der Waals surface area contributed by atoms with Crippen LogP contribution in [0, 0.1) is 0 Å². The first-order valence-electron chi connectivity index (χ1n) is 18.9. The zero-order valence-electron chi connectivity index (χ0n) is 31.0. The number of para-hydroxylation sites is 2. The van der Waals surface area contributed by atoms with Crippen molar-refractivity contribution in [2.24, 2.45) is 0 Å². The summed E-state index contributed by atoms with van der Waals surface area (Å²) < 4.78 is 2.22. The third-order valence-electron chi connectivity index (χ3n) is 10.6. The fourth-order valence-electron chi connectivity index (χ4n) is 7.74. The minimum absolute atomic E-state index is 0.614. The fourth-order valence-corrected chi connectivity index (χ4v) is 7.74. The lowest BCUT2D eigenvalue weighted by atomic mass is 9.96. The van der Waals surface area contributed by atoms with Gasteiger partial charge in [-0.2, -0.15) is 0 Å². The number of aromatic nitrogens is 5. The van der Waals surface area contributed by atoms with Crippen molar-refractivity contribution in [1.29, 1.82) is 0 Å². The van der Waals surface area contributed by atoms with Crippen LogP contribution in [0.5, 0.6) is 0 Å². The van der Waals surface area contributed by atoms with E-state index in [1.165, 1.54) is 5.39 Å². The predicted octanol–water partition coefficient (Wildman–Crippen LogP) is 11.1. The van der Waals surface area contributed by atoms with Gasteiger partial charge in [0.25, 0.3) is 0 Å². The van der Waals surface area contributed by atoms with Crippen LogP contribution in [0.3, 0.4) is 0 Å². The molecule has 5 nitrogen and oxygen atoms in total. The summed E-state index contributed by atoms with van der Waals surface area (Å²) in [6, 6.07) is 58.6. The van der Waals surface area contributed by atoms with Gasteiger partial charge in [-0.05, 0) is 86.8 Å². The van der Waals surface area contributed by atoms with E-state index in [9.17, 15) is 0 Å². The largest absolute Gasteiger partial charge is 0.310 e. The summed E-state index contributed by atoms with van der Waals surface area (Å²) in [5.41, 5.74) is 9.05. The van der Waals surface area contributed by atoms with E-state index < -0.39 is 0 Å². The molecule has 57 heavy (non-hydrogen) atoms. The maximum absolute atomic E-state index is 5.06. The van der Waals surface area contributed by atoms with Crippen molar-refractivity contribution in [3.63, 3.8) is 0 Å². The number of rotatable bonds is 7. The molecule has 0 aliphatic heterocycles. The summed E-state index contributed by atoms with van der Waals surface area (Å²) >= 11 is 0. The average molecular weight is 730 g/mol. The maximum Gasteiger partial charge on any atom is 0.164 e. The molecule has 0 radical (unpaired) electrons. The first-order valence-corrected chi connectivity index (χ1v) is 18.9. The second-order valence-corrected chi connectivity index (χ2v) is 14.2. The molecule has 7 aromatic carbocycles. The molecule has 0 aliphatic rings. The van der Waals surface area contributed by atoms with E-state index in [-0.39, 0.29) is 0 Å². The van der Waals surface area contributed by atoms with Crippen LogP contribution in [-0.4, -0.2) is 24.5 Å². The van der Waals surface area contributed by atoms with E-state index in [2.05, 4.69) is 144 Å². The highest BCUT2D eigenvalue weighted by Gasteiger charge is 2.15. The van der Waals surface area contributed by atoms with Gasteiger partial charge in [-0.15, -0.1) is 0 Å². The first kappa shape index (κ1) is 33.8. The van der Waals surface area contributed by atoms with Crippen LogP contribution >= 0.6 is 0 Å². The third-order valence-corrected chi connectivity index (χ3v) is 10.6. The molecule has 0 aliphatic carbocycles. The molecule has 3 aromatic heterocycles. The smallest absolute Gasteiger partial charge is 0.164 e. The van der Waals surface area contributed by atoms with Crippen LogP contribution in [0.1, 0.15) is 5.56 Å². The average Bonchev–Trinajstić information content (AvgIpc) is 3.56. The van der Waals surface area contributed by atoms with Crippen LogP contribution in [-0.2, 0) is 0 Å². The van der Waals surface area contributed by atoms with Crippen molar-refractivity contribution in [1.82, 2.24) is 24.5 Å². The summed E-state index contributed by atoms with van der Waals surface area (Å²) in [4.78, 5) is 19.3. The molecule has 0 bridgehead atoms. The number of allylic oxidation sites excluding steroid dienone is 1. The van der Waals surface area contributed by atoms with Crippen LogP contribution < -0.4 is 10.6 Å². The van der Waals surface area contributed by atoms with Gasteiger partial charge in [-0.25, -0.2) is 15.0 Å². The molecule has 0 amide bonds. The van der Waals surface area contributed by atoms with E-state index in [4.69, 9.17) is 15.0 Å². The van der Waals surface area contributed by atoms with Crippen molar-refractivity contribution in [3.05, 3.63) is 205 Å². The van der Waals surface area contributed by atoms with Gasteiger partial charge in [-0.1, -0.05) is 141 Å². The summed E-state index contributed by atoms with van der Waals surface area (Å²) in [7, 11) is 0. The Morgan fingerprint density at radius 3 is 1.86 bits per heavy atom. The maximum atomic E-state index is 5.06. The van der Waals surface area contributed by atoms with Gasteiger partial charge in [0.05, 0.1) is 5.52 Å². The molecule has 0 saturated heterocycles. The standard InChI is InChI=1S/C52H35N5/c1-34(29-48-35(2)57(44-18-7-4-8-19-44)49-21-10-9-20-47(48)49)37-24-26-45-39(30-37)22-23-40-32-42(25-27-46(40)45)52-55-50(36-13-5-3-6-14-36)54-51(56-52)41-16-11-15-38(31-41)43-17-12-28-53-33-43/h3-33H,1-2H2/b48-29+. The molecule has 0 fully saturated rings. The quantitative estimate of drug-likeness (QED) is 0.153. The molecule has 0 unspecified atom stereocenters. The van der Waals surface area contributed by atoms with Crippen molar-refractivity contribution in [2.45, 2.75) is 0 Å². The normalized spacial score (nSPS) is 11.8. The van der Waals surface area contributed by atoms with Crippen molar-refractivity contribution in [2.75, 3.05) is 0 Å². The number of hydrogen-bond donors (Lipinski definition) is 0. The number of nitrogens with zero attached hydrogens (tertiary/aromatic N) is 5. The molecular weight excluding hydrogens is 695 g/mol. The van der Waals surface area contributed by atoms with Crippen molar-refractivity contribution >= 4 is 50.7 Å². The van der Waals surface area contributed by atoms with Gasteiger partial charge in [0.15, 0.2) is 17.5 Å². The Morgan fingerprint density at radius 2 is 1.11 bits per heavy atom. The van der Waals surface area contributed by atoms with Gasteiger partial charge in [0.1, 0.15) is 0 Å². The summed E-state index contributed by atoms with van der Waals surface area (Å²) in [6.45, 7) is 9.05. The Kier molecular flexibility index (Phi) is 8.38. The summed E-state index contributed by atoms with van der Waals surface area (Å²) in [5.74, 6) is 1.86. The molecular formula is C52H35N5. The zero-order valence-corrected chi connectivity index (χ0v) is 31.0. The molecule has 0 saturated carbocycles. The second kappa shape index (κ2) is 14.1. The van der Waals surface area contributed by atoms with E-state index in [0.29, 0.717) is 17.5 Å². The molecule has 5 heteroatoms. The molecule has 3 heterocycles. The minimum atomic E-state index is 0.614. The highest BCUT2D eigenvalue weighted by atomic mass is 15.0. The Labute approximate surface area is 330 Å². The van der Waals surface area contributed by atoms with Crippen LogP contribution in [0.2, 0.25) is 0 Å². The fraction of sp³-hybridized carbons (Fsp3) is 0. The van der Waals surface area contributed by atoms with E-state index in [1.807, 2.05) is 60.8 Å². The van der Waals surface area contributed by atoms with Crippen LogP contribution in [0.25, 0.3) is 102 Å². The lowest BCUT2D eigenvalue weighted by molar-refractivity contribution is 1.07. The van der Waals surface area contributed by atoms with E-state index in [0.717, 1.165) is 82.3 Å². The molecule has 0 N–H and O–H groups in total. The van der Waals surface area contributed by atoms with Gasteiger partial charge in [-0.3, -0.25) is 4.98 Å². The molecule has 0 spiro atoms. The SMILES string of the molecule is C=C(/C=c1\c(=C)n(-c2ccccc2)c2ccccc12)c1ccc2c(ccc3cc(-c4nc(-c5ccccc5)nc(-c5cccc(-c6cccnc6)c5)n4)ccc32)c1. The Bertz CT molecular complexity index is 3260. The van der Waals surface area contributed by atoms with Crippen LogP contribution in [0.15, 0.2) is 189 Å². The Hall–Kier alpha value is -7.76. The lowest BCUT2D eigenvalue weighted by Gasteiger charge is -2.11. The highest BCUT2D eigenvalue weighted by Crippen LogP contribution is 2.33. The molecule has 268 valence electrons. The van der Waals surface area contributed by atoms with Crippen molar-refractivity contribution in [3.8, 4) is 51.0 Å². The monoisotopic (exact) mass is 729 g/mol. The molecule has 10 rings (SSSR count). The van der Waals surface area contributed by atoms with Crippen LogP contribution in [0.4, 0.5) is 0 Å². The van der Waals surface area contributed by atoms with Gasteiger partial charge < -0.3 is 4.57 Å². The van der Waals surface area contributed by atoms with E-state index >= 15 is 0 Å².